The van der Waals surface area contributed by atoms with Gasteiger partial charge in [-0.25, -0.2) is 9.97 Å². The smallest absolute Gasteiger partial charge is 0.262 e. The first-order chi connectivity index (χ1) is 13.6. The number of hydrogen-bond donors (Lipinski definition) is 1. The van der Waals surface area contributed by atoms with Gasteiger partial charge in [-0.2, -0.15) is 0 Å². The molecule has 28 heavy (non-hydrogen) atoms. The molecule has 0 aliphatic carbocycles. The van der Waals surface area contributed by atoms with Gasteiger partial charge in [0.15, 0.2) is 5.13 Å². The predicted molar refractivity (Wildman–Crippen MR) is 113 cm³/mol. The quantitative estimate of drug-likeness (QED) is 0.524. The molecule has 0 unspecified atom stereocenters. The van der Waals surface area contributed by atoms with Gasteiger partial charge in [0, 0.05) is 30.5 Å². The van der Waals surface area contributed by atoms with Crippen LogP contribution < -0.4 is 10.9 Å². The number of fused-ring (bicyclic) bond motifs is 1. The molecule has 1 amide bonds. The van der Waals surface area contributed by atoms with E-state index in [9.17, 15) is 9.59 Å². The number of nitrogens with one attached hydrogen (secondary N) is 1. The second kappa shape index (κ2) is 8.04. The summed E-state index contributed by atoms with van der Waals surface area (Å²) in [6.45, 7) is 2.34. The highest BCUT2D eigenvalue weighted by molar-refractivity contribution is 7.16. The molecule has 0 spiro atoms. The van der Waals surface area contributed by atoms with Crippen molar-refractivity contribution in [2.75, 3.05) is 5.32 Å². The van der Waals surface area contributed by atoms with Crippen molar-refractivity contribution in [3.63, 3.8) is 0 Å². The number of thiazole rings is 1. The van der Waals surface area contributed by atoms with Crippen molar-refractivity contribution in [2.45, 2.75) is 26.3 Å². The maximum atomic E-state index is 12.3. The SMILES string of the molecule is Cc1ccc(Cc2cnc(NC(=O)CCn3cnc4sccc4c3=O)s2)cc1. The number of carbonyl (C=O) groups excluding carboxylic acids is 1. The number of carbonyl (C=O) groups is 1. The van der Waals surface area contributed by atoms with Crippen molar-refractivity contribution in [2.24, 2.45) is 0 Å². The van der Waals surface area contributed by atoms with Gasteiger partial charge in [0.05, 0.1) is 11.7 Å². The summed E-state index contributed by atoms with van der Waals surface area (Å²) in [6, 6.07) is 10.1. The summed E-state index contributed by atoms with van der Waals surface area (Å²) in [5.41, 5.74) is 2.32. The Morgan fingerprint density at radius 3 is 2.82 bits per heavy atom. The van der Waals surface area contributed by atoms with Crippen LogP contribution >= 0.6 is 22.7 Å². The van der Waals surface area contributed by atoms with Crippen LogP contribution in [0.25, 0.3) is 10.2 Å². The monoisotopic (exact) mass is 410 g/mol. The number of thiophene rings is 1. The molecule has 1 aromatic carbocycles. The lowest BCUT2D eigenvalue weighted by atomic mass is 10.1. The van der Waals surface area contributed by atoms with Gasteiger partial charge in [-0.15, -0.1) is 22.7 Å². The fraction of sp³-hybridized carbons (Fsp3) is 0.200. The minimum Gasteiger partial charge on any atom is -0.302 e. The molecule has 8 heteroatoms. The summed E-state index contributed by atoms with van der Waals surface area (Å²) in [5, 5.41) is 5.82. The topological polar surface area (TPSA) is 76.9 Å². The van der Waals surface area contributed by atoms with Crippen molar-refractivity contribution >= 4 is 43.9 Å². The molecule has 0 bridgehead atoms. The average molecular weight is 411 g/mol. The number of rotatable bonds is 6. The van der Waals surface area contributed by atoms with E-state index in [0.717, 1.165) is 16.1 Å². The second-order valence-electron chi connectivity index (χ2n) is 6.47. The van der Waals surface area contributed by atoms with Gasteiger partial charge < -0.3 is 5.32 Å². The first-order valence-corrected chi connectivity index (χ1v) is 10.5. The lowest BCUT2D eigenvalue weighted by molar-refractivity contribution is -0.116. The summed E-state index contributed by atoms with van der Waals surface area (Å²) < 4.78 is 1.47. The summed E-state index contributed by atoms with van der Waals surface area (Å²) in [7, 11) is 0. The second-order valence-corrected chi connectivity index (χ2v) is 8.48. The maximum Gasteiger partial charge on any atom is 0.262 e. The molecule has 0 saturated carbocycles. The fourth-order valence-corrected chi connectivity index (χ4v) is 4.40. The normalized spacial score (nSPS) is 11.0. The average Bonchev–Trinajstić information content (AvgIpc) is 3.33. The van der Waals surface area contributed by atoms with E-state index in [1.54, 1.807) is 12.3 Å². The van der Waals surface area contributed by atoms with Crippen molar-refractivity contribution < 1.29 is 4.79 Å². The van der Waals surface area contributed by atoms with E-state index in [4.69, 9.17) is 0 Å². The first kappa shape index (κ1) is 18.5. The third-order valence-corrected chi connectivity index (χ3v) is 6.06. The summed E-state index contributed by atoms with van der Waals surface area (Å²) >= 11 is 2.89. The van der Waals surface area contributed by atoms with Gasteiger partial charge in [-0.3, -0.25) is 14.2 Å². The van der Waals surface area contributed by atoms with E-state index in [2.05, 4.69) is 46.5 Å². The lowest BCUT2D eigenvalue weighted by Gasteiger charge is -2.05. The van der Waals surface area contributed by atoms with Gasteiger partial charge in [0.1, 0.15) is 4.83 Å². The largest absolute Gasteiger partial charge is 0.302 e. The molecular formula is C20H18N4O2S2. The molecule has 1 N–H and O–H groups in total. The highest BCUT2D eigenvalue weighted by Gasteiger charge is 2.10. The molecule has 0 saturated heterocycles. The zero-order valence-corrected chi connectivity index (χ0v) is 16.8. The minimum atomic E-state index is -0.173. The number of nitrogens with zero attached hydrogens (tertiary/aromatic N) is 3. The zero-order valence-electron chi connectivity index (χ0n) is 15.2. The molecule has 0 fully saturated rings. The van der Waals surface area contributed by atoms with Crippen molar-refractivity contribution in [3.8, 4) is 0 Å². The highest BCUT2D eigenvalue weighted by atomic mass is 32.1. The maximum absolute atomic E-state index is 12.3. The zero-order chi connectivity index (χ0) is 19.5. The Balaban J connectivity index is 1.34. The standard InChI is InChI=1S/C20H18N4O2S2/c1-13-2-4-14(5-3-13)10-15-11-21-20(28-15)23-17(25)6-8-24-12-22-18-16(19(24)26)7-9-27-18/h2-5,7,9,11-12H,6,8,10H2,1H3,(H,21,23,25). The molecule has 6 nitrogen and oxygen atoms in total. The van der Waals surface area contributed by atoms with Gasteiger partial charge in [-0.05, 0) is 23.9 Å². The van der Waals surface area contributed by atoms with Crippen LogP contribution in [0, 0.1) is 6.92 Å². The number of aromatic nitrogens is 3. The lowest BCUT2D eigenvalue weighted by Crippen LogP contribution is -2.23. The number of aryl methyl sites for hydroxylation is 2. The minimum absolute atomic E-state index is 0.117. The third kappa shape index (κ3) is 4.18. The Morgan fingerprint density at radius 2 is 2.00 bits per heavy atom. The molecule has 0 atom stereocenters. The fourth-order valence-electron chi connectivity index (χ4n) is 2.81. The Hall–Kier alpha value is -2.84. The van der Waals surface area contributed by atoms with Crippen LogP contribution in [-0.2, 0) is 17.8 Å². The van der Waals surface area contributed by atoms with Crippen molar-refractivity contribution in [3.05, 3.63) is 74.6 Å². The van der Waals surface area contributed by atoms with Crippen LogP contribution in [-0.4, -0.2) is 20.4 Å². The van der Waals surface area contributed by atoms with Crippen LogP contribution in [0.1, 0.15) is 22.4 Å². The molecule has 142 valence electrons. The van der Waals surface area contributed by atoms with E-state index in [1.165, 1.54) is 44.7 Å². The Bertz CT molecular complexity index is 1170. The molecule has 4 rings (SSSR count). The molecule has 3 aromatic heterocycles. The molecule has 0 aliphatic heterocycles. The molecule has 0 aliphatic rings. The molecule has 4 aromatic rings. The van der Waals surface area contributed by atoms with Gasteiger partial charge in [0.2, 0.25) is 5.91 Å². The Labute approximate surface area is 169 Å². The van der Waals surface area contributed by atoms with E-state index >= 15 is 0 Å². The summed E-state index contributed by atoms with van der Waals surface area (Å²) in [4.78, 5) is 34.9. The van der Waals surface area contributed by atoms with Crippen LogP contribution in [0.4, 0.5) is 5.13 Å². The Morgan fingerprint density at radius 1 is 1.18 bits per heavy atom. The number of benzene rings is 1. The van der Waals surface area contributed by atoms with E-state index in [1.807, 2.05) is 5.38 Å². The van der Waals surface area contributed by atoms with Gasteiger partial charge in [0.25, 0.3) is 5.56 Å². The number of amides is 1. The van der Waals surface area contributed by atoms with E-state index < -0.39 is 0 Å². The number of anilines is 1. The van der Waals surface area contributed by atoms with Crippen LogP contribution in [0.2, 0.25) is 0 Å². The number of hydrogen-bond acceptors (Lipinski definition) is 6. The van der Waals surface area contributed by atoms with Crippen LogP contribution in [0.3, 0.4) is 0 Å². The Kier molecular flexibility index (Phi) is 5.31. The van der Waals surface area contributed by atoms with E-state index in [0.29, 0.717) is 10.5 Å². The van der Waals surface area contributed by atoms with Gasteiger partial charge >= 0.3 is 0 Å². The summed E-state index contributed by atoms with van der Waals surface area (Å²) in [6.07, 6.45) is 4.26. The van der Waals surface area contributed by atoms with Gasteiger partial charge in [-0.1, -0.05) is 29.8 Å². The predicted octanol–water partition coefficient (Wildman–Crippen LogP) is 3.84. The summed E-state index contributed by atoms with van der Waals surface area (Å²) in [5.74, 6) is -0.173. The molecule has 3 heterocycles. The highest BCUT2D eigenvalue weighted by Crippen LogP contribution is 2.21. The van der Waals surface area contributed by atoms with Crippen molar-refractivity contribution in [1.29, 1.82) is 0 Å². The van der Waals surface area contributed by atoms with Crippen LogP contribution in [0.5, 0.6) is 0 Å². The van der Waals surface area contributed by atoms with E-state index in [-0.39, 0.29) is 24.4 Å². The third-order valence-electron chi connectivity index (χ3n) is 4.33. The van der Waals surface area contributed by atoms with Crippen LogP contribution in [0.15, 0.2) is 53.0 Å². The first-order valence-electron chi connectivity index (χ1n) is 8.81. The van der Waals surface area contributed by atoms with Crippen molar-refractivity contribution in [1.82, 2.24) is 14.5 Å². The molecule has 0 radical (unpaired) electrons. The molecular weight excluding hydrogens is 392 g/mol.